The fourth-order valence-electron chi connectivity index (χ4n) is 1.08. The van der Waals surface area contributed by atoms with Crippen molar-refractivity contribution in [1.29, 1.82) is 0 Å². The minimum Gasteiger partial charge on any atom is -0.296 e. The number of benzene rings is 1. The Balaban J connectivity index is 2.95. The number of rotatable bonds is 0. The fraction of sp³-hybridized carbons (Fsp3) is 0. The summed E-state index contributed by atoms with van der Waals surface area (Å²) in [6.07, 6.45) is 0. The van der Waals surface area contributed by atoms with Crippen molar-refractivity contribution in [1.82, 2.24) is 9.97 Å². The molecular weight excluding hydrogens is 195 g/mol. The smallest absolute Gasteiger partial charge is 0.296 e. The molecule has 0 saturated heterocycles. The summed E-state index contributed by atoms with van der Waals surface area (Å²) in [6.45, 7) is 0. The van der Waals surface area contributed by atoms with Crippen molar-refractivity contribution in [3.05, 3.63) is 39.7 Å². The van der Waals surface area contributed by atoms with E-state index in [4.69, 9.17) is 11.6 Å². The van der Waals surface area contributed by atoms with E-state index in [0.29, 0.717) is 10.9 Å². The predicted molar refractivity (Wildman–Crippen MR) is 47.3 cm³/mol. The van der Waals surface area contributed by atoms with Gasteiger partial charge in [-0.05, 0) is 18.2 Å². The molecule has 0 atom stereocenters. The van der Waals surface area contributed by atoms with Gasteiger partial charge in [-0.1, -0.05) is 11.6 Å². The van der Waals surface area contributed by atoms with Crippen molar-refractivity contribution in [2.45, 2.75) is 0 Å². The van der Waals surface area contributed by atoms with Crippen LogP contribution in [0.1, 0.15) is 0 Å². The molecule has 0 aliphatic rings. The lowest BCUT2D eigenvalue weighted by molar-refractivity contribution is 0.629. The molecule has 0 saturated carbocycles. The van der Waals surface area contributed by atoms with E-state index in [1.54, 1.807) is 0 Å². The second-order valence-electron chi connectivity index (χ2n) is 2.52. The van der Waals surface area contributed by atoms with Gasteiger partial charge in [0.1, 0.15) is 11.0 Å². The fourth-order valence-corrected chi connectivity index (χ4v) is 1.31. The van der Waals surface area contributed by atoms with Crippen LogP contribution in [0.2, 0.25) is 5.15 Å². The second-order valence-corrected chi connectivity index (χ2v) is 2.90. The van der Waals surface area contributed by atoms with Crippen LogP contribution in [0.25, 0.3) is 10.9 Å². The van der Waals surface area contributed by atoms with Crippen molar-refractivity contribution in [2.75, 3.05) is 0 Å². The SMILES string of the molecule is O=c1nc2ccc(F)cc2c(Cl)[nH]1. The van der Waals surface area contributed by atoms with E-state index < -0.39 is 11.5 Å². The van der Waals surface area contributed by atoms with Gasteiger partial charge in [-0.3, -0.25) is 4.98 Å². The highest BCUT2D eigenvalue weighted by Gasteiger charge is 2.02. The lowest BCUT2D eigenvalue weighted by Gasteiger charge is -1.97. The molecule has 0 aliphatic heterocycles. The lowest BCUT2D eigenvalue weighted by Crippen LogP contribution is -2.09. The summed E-state index contributed by atoms with van der Waals surface area (Å²) in [4.78, 5) is 16.7. The molecule has 1 N–H and O–H groups in total. The quantitative estimate of drug-likeness (QED) is 0.655. The number of hydrogen-bond donors (Lipinski definition) is 1. The normalized spacial score (nSPS) is 10.6. The van der Waals surface area contributed by atoms with Gasteiger partial charge in [0.25, 0.3) is 0 Å². The maximum atomic E-state index is 12.7. The van der Waals surface area contributed by atoms with E-state index >= 15 is 0 Å². The first kappa shape index (κ1) is 8.19. The van der Waals surface area contributed by atoms with Crippen LogP contribution in [-0.2, 0) is 0 Å². The van der Waals surface area contributed by atoms with Crippen molar-refractivity contribution in [3.63, 3.8) is 0 Å². The molecule has 1 aromatic carbocycles. The molecule has 2 rings (SSSR count). The monoisotopic (exact) mass is 198 g/mol. The number of nitrogens with zero attached hydrogens (tertiary/aromatic N) is 1. The summed E-state index contributed by atoms with van der Waals surface area (Å²) in [6, 6.07) is 3.86. The minimum atomic E-state index is -0.538. The van der Waals surface area contributed by atoms with E-state index in [1.165, 1.54) is 18.2 Å². The van der Waals surface area contributed by atoms with E-state index in [1.807, 2.05) is 0 Å². The maximum absolute atomic E-state index is 12.7. The molecule has 0 aliphatic carbocycles. The molecule has 0 bridgehead atoms. The number of fused-ring (bicyclic) bond motifs is 1. The molecular formula is C8H4ClFN2O. The molecule has 66 valence electrons. The van der Waals surface area contributed by atoms with Crippen molar-refractivity contribution < 1.29 is 4.39 Å². The highest BCUT2D eigenvalue weighted by Crippen LogP contribution is 2.18. The van der Waals surface area contributed by atoms with Crippen molar-refractivity contribution in [2.24, 2.45) is 0 Å². The number of nitrogens with one attached hydrogen (secondary N) is 1. The Hall–Kier alpha value is -1.42. The molecule has 3 nitrogen and oxygen atoms in total. The Morgan fingerprint density at radius 2 is 2.23 bits per heavy atom. The Bertz CT molecular complexity index is 523. The van der Waals surface area contributed by atoms with Crippen LogP contribution < -0.4 is 5.69 Å². The van der Waals surface area contributed by atoms with Gasteiger partial charge < -0.3 is 0 Å². The minimum absolute atomic E-state index is 0.106. The highest BCUT2D eigenvalue weighted by atomic mass is 35.5. The van der Waals surface area contributed by atoms with Crippen LogP contribution in [-0.4, -0.2) is 9.97 Å². The average molecular weight is 199 g/mol. The highest BCUT2D eigenvalue weighted by molar-refractivity contribution is 6.33. The van der Waals surface area contributed by atoms with Gasteiger partial charge in [-0.15, -0.1) is 0 Å². The molecule has 1 aromatic heterocycles. The number of hydrogen-bond acceptors (Lipinski definition) is 2. The summed E-state index contributed by atoms with van der Waals surface area (Å²) in [5, 5.41) is 0.510. The van der Waals surface area contributed by atoms with Gasteiger partial charge >= 0.3 is 5.69 Å². The molecule has 1 heterocycles. The Kier molecular flexibility index (Phi) is 1.77. The van der Waals surface area contributed by atoms with Gasteiger partial charge in [0, 0.05) is 5.39 Å². The molecule has 0 fully saturated rings. The van der Waals surface area contributed by atoms with Crippen LogP contribution in [0.5, 0.6) is 0 Å². The first-order valence-corrected chi connectivity index (χ1v) is 3.90. The Labute approximate surface area is 77.2 Å². The zero-order valence-corrected chi connectivity index (χ0v) is 7.10. The van der Waals surface area contributed by atoms with Crippen LogP contribution >= 0.6 is 11.6 Å². The van der Waals surface area contributed by atoms with Gasteiger partial charge in [0.05, 0.1) is 5.52 Å². The molecule has 0 radical (unpaired) electrons. The van der Waals surface area contributed by atoms with Crippen molar-refractivity contribution >= 4 is 22.5 Å². The maximum Gasteiger partial charge on any atom is 0.346 e. The topological polar surface area (TPSA) is 45.8 Å². The molecule has 5 heteroatoms. The van der Waals surface area contributed by atoms with Gasteiger partial charge in [-0.25, -0.2) is 9.18 Å². The second kappa shape index (κ2) is 2.81. The van der Waals surface area contributed by atoms with E-state index in [9.17, 15) is 9.18 Å². The predicted octanol–water partition coefficient (Wildman–Crippen LogP) is 1.72. The Morgan fingerprint density at radius 1 is 1.46 bits per heavy atom. The largest absolute Gasteiger partial charge is 0.346 e. The molecule has 13 heavy (non-hydrogen) atoms. The number of H-pyrrole nitrogens is 1. The zero-order valence-electron chi connectivity index (χ0n) is 6.34. The number of aromatic amines is 1. The van der Waals surface area contributed by atoms with Crippen LogP contribution in [0, 0.1) is 5.82 Å². The molecule has 0 unspecified atom stereocenters. The summed E-state index contributed by atoms with van der Waals surface area (Å²) in [5.74, 6) is -0.414. The van der Waals surface area contributed by atoms with Gasteiger partial charge in [0.2, 0.25) is 0 Å². The van der Waals surface area contributed by atoms with Crippen LogP contribution in [0.3, 0.4) is 0 Å². The summed E-state index contributed by atoms with van der Waals surface area (Å²) in [7, 11) is 0. The first-order valence-electron chi connectivity index (χ1n) is 3.52. The Morgan fingerprint density at radius 3 is 3.00 bits per heavy atom. The summed E-state index contributed by atoms with van der Waals surface area (Å²) >= 11 is 5.67. The van der Waals surface area contributed by atoms with Crippen molar-refractivity contribution in [3.8, 4) is 0 Å². The zero-order chi connectivity index (χ0) is 9.42. The summed E-state index contributed by atoms with van der Waals surface area (Å²) in [5.41, 5.74) is -0.153. The molecule has 2 aromatic rings. The lowest BCUT2D eigenvalue weighted by atomic mass is 10.2. The van der Waals surface area contributed by atoms with Crippen LogP contribution in [0.4, 0.5) is 4.39 Å². The van der Waals surface area contributed by atoms with E-state index in [2.05, 4.69) is 9.97 Å². The third kappa shape index (κ3) is 1.40. The standard InChI is InChI=1S/C8H4ClFN2O/c9-7-5-3-4(10)1-2-6(5)11-8(13)12-7/h1-3H,(H,11,12,13). The third-order valence-corrected chi connectivity index (χ3v) is 1.93. The van der Waals surface area contributed by atoms with E-state index in [-0.39, 0.29) is 5.15 Å². The number of halogens is 2. The molecule has 0 amide bonds. The number of aromatic nitrogens is 2. The first-order chi connectivity index (χ1) is 6.16. The molecule has 0 spiro atoms. The summed E-state index contributed by atoms with van der Waals surface area (Å²) < 4.78 is 12.7. The van der Waals surface area contributed by atoms with E-state index in [0.717, 1.165) is 0 Å². The van der Waals surface area contributed by atoms with Gasteiger partial charge in [-0.2, -0.15) is 4.98 Å². The third-order valence-electron chi connectivity index (χ3n) is 1.63. The van der Waals surface area contributed by atoms with Crippen LogP contribution in [0.15, 0.2) is 23.0 Å². The average Bonchev–Trinajstić information content (AvgIpc) is 2.06. The van der Waals surface area contributed by atoms with Gasteiger partial charge in [0.15, 0.2) is 0 Å².